The van der Waals surface area contributed by atoms with Gasteiger partial charge in [-0.05, 0) is 36.5 Å². The van der Waals surface area contributed by atoms with Crippen molar-refractivity contribution in [3.63, 3.8) is 0 Å². The van der Waals surface area contributed by atoms with Gasteiger partial charge in [0.1, 0.15) is 0 Å². The van der Waals surface area contributed by atoms with Crippen LogP contribution in [0.3, 0.4) is 0 Å². The van der Waals surface area contributed by atoms with Crippen LogP contribution in [-0.4, -0.2) is 18.6 Å². The van der Waals surface area contributed by atoms with E-state index in [4.69, 9.17) is 4.74 Å². The Kier molecular flexibility index (Phi) is 3.20. The second kappa shape index (κ2) is 4.77. The predicted molar refractivity (Wildman–Crippen MR) is 64.8 cm³/mol. The van der Waals surface area contributed by atoms with Crippen LogP contribution < -0.4 is 5.32 Å². The average Bonchev–Trinajstić information content (AvgIpc) is 3.28. The third-order valence-corrected chi connectivity index (χ3v) is 3.59. The van der Waals surface area contributed by atoms with E-state index < -0.39 is 17.8 Å². The highest BCUT2D eigenvalue weighted by atomic mass is 19.4. The molecule has 0 spiro atoms. The minimum atomic E-state index is -4.37. The summed E-state index contributed by atoms with van der Waals surface area (Å²) in [4.78, 5) is 11.7. The molecule has 1 saturated carbocycles. The Hall–Kier alpha value is -1.56. The van der Waals surface area contributed by atoms with Gasteiger partial charge in [-0.2, -0.15) is 13.2 Å². The number of halogens is 3. The summed E-state index contributed by atoms with van der Waals surface area (Å²) in [6.07, 6.45) is -2.95. The largest absolute Gasteiger partial charge is 0.416 e. The second-order valence-electron chi connectivity index (χ2n) is 5.27. The molecule has 2 atom stereocenters. The van der Waals surface area contributed by atoms with Gasteiger partial charge in [-0.15, -0.1) is 0 Å². The maximum Gasteiger partial charge on any atom is 0.416 e. The van der Waals surface area contributed by atoms with Gasteiger partial charge in [0.05, 0.1) is 18.2 Å². The number of hydrogen-bond acceptors (Lipinski definition) is 2. The number of nitrogens with one attached hydrogen (secondary N) is 1. The van der Waals surface area contributed by atoms with Crippen LogP contribution in [0.2, 0.25) is 0 Å². The lowest BCUT2D eigenvalue weighted by molar-refractivity contribution is -0.137. The summed E-state index contributed by atoms with van der Waals surface area (Å²) < 4.78 is 43.1. The van der Waals surface area contributed by atoms with Crippen molar-refractivity contribution in [1.29, 1.82) is 0 Å². The molecule has 1 aliphatic heterocycles. The van der Waals surface area contributed by atoms with Crippen LogP contribution in [-0.2, 0) is 15.7 Å². The van der Waals surface area contributed by atoms with Gasteiger partial charge in [0, 0.05) is 0 Å². The zero-order chi connectivity index (χ0) is 14.3. The summed E-state index contributed by atoms with van der Waals surface area (Å²) in [5.74, 6) is -0.0134. The third kappa shape index (κ3) is 2.95. The van der Waals surface area contributed by atoms with Crippen molar-refractivity contribution in [2.24, 2.45) is 5.92 Å². The Balaban J connectivity index is 1.81. The van der Waals surface area contributed by atoms with E-state index in [0.29, 0.717) is 12.2 Å². The molecular weight excluding hydrogens is 271 g/mol. The maximum atomic E-state index is 12.7. The van der Waals surface area contributed by atoms with Gasteiger partial charge < -0.3 is 10.1 Å². The molecule has 0 bridgehead atoms. The van der Waals surface area contributed by atoms with Crippen molar-refractivity contribution in [1.82, 2.24) is 5.32 Å². The molecule has 1 saturated heterocycles. The highest BCUT2D eigenvalue weighted by Crippen LogP contribution is 2.42. The monoisotopic (exact) mass is 285 g/mol. The van der Waals surface area contributed by atoms with Gasteiger partial charge in [-0.1, -0.05) is 12.1 Å². The number of epoxide rings is 1. The standard InChI is InChI=1S/C14H14F3NO2/c15-14(16,17)10-3-1-2-9(6-10)12(8-4-5-8)18-13(19)11-7-20-11/h1-3,6,8,11-12H,4-5,7H2,(H,18,19). The lowest BCUT2D eigenvalue weighted by Crippen LogP contribution is -2.33. The van der Waals surface area contributed by atoms with Gasteiger partial charge >= 0.3 is 6.18 Å². The smallest absolute Gasteiger partial charge is 0.363 e. The molecule has 2 unspecified atom stereocenters. The van der Waals surface area contributed by atoms with Crippen molar-refractivity contribution >= 4 is 5.91 Å². The number of carbonyl (C=O) groups excluding carboxylic acids is 1. The van der Waals surface area contributed by atoms with Crippen LogP contribution in [0.4, 0.5) is 13.2 Å². The lowest BCUT2D eigenvalue weighted by atomic mass is 9.99. The molecular formula is C14H14F3NO2. The van der Waals surface area contributed by atoms with Crippen molar-refractivity contribution in [2.45, 2.75) is 31.2 Å². The number of carbonyl (C=O) groups is 1. The summed E-state index contributed by atoms with van der Waals surface area (Å²) in [6, 6.07) is 4.82. The van der Waals surface area contributed by atoms with Gasteiger partial charge in [-0.3, -0.25) is 4.79 Å². The van der Waals surface area contributed by atoms with Crippen LogP contribution in [0, 0.1) is 5.92 Å². The predicted octanol–water partition coefficient (Wildman–Crippen LogP) is 2.67. The number of amides is 1. The highest BCUT2D eigenvalue weighted by molar-refractivity contribution is 5.83. The molecule has 1 heterocycles. The molecule has 1 aliphatic carbocycles. The molecule has 1 aromatic rings. The van der Waals surface area contributed by atoms with E-state index in [2.05, 4.69) is 5.32 Å². The number of alkyl halides is 3. The fraction of sp³-hybridized carbons (Fsp3) is 0.500. The molecule has 108 valence electrons. The van der Waals surface area contributed by atoms with Crippen LogP contribution in [0.25, 0.3) is 0 Å². The molecule has 2 aliphatic rings. The van der Waals surface area contributed by atoms with Crippen LogP contribution in [0.15, 0.2) is 24.3 Å². The zero-order valence-electron chi connectivity index (χ0n) is 10.6. The molecule has 1 aromatic carbocycles. The molecule has 6 heteroatoms. The molecule has 2 fully saturated rings. The number of ether oxygens (including phenoxy) is 1. The van der Waals surface area contributed by atoms with E-state index in [1.807, 2.05) is 0 Å². The first-order valence-electron chi connectivity index (χ1n) is 6.54. The fourth-order valence-electron chi connectivity index (χ4n) is 2.26. The molecule has 3 nitrogen and oxygen atoms in total. The number of benzene rings is 1. The third-order valence-electron chi connectivity index (χ3n) is 3.59. The minimum absolute atomic E-state index is 0.223. The first-order valence-corrected chi connectivity index (χ1v) is 6.54. The molecule has 1 N–H and O–H groups in total. The van der Waals surface area contributed by atoms with Gasteiger partial charge in [-0.25, -0.2) is 0 Å². The lowest BCUT2D eigenvalue weighted by Gasteiger charge is -2.19. The van der Waals surface area contributed by atoms with Crippen LogP contribution in [0.5, 0.6) is 0 Å². The van der Waals surface area contributed by atoms with E-state index in [1.54, 1.807) is 6.07 Å². The van der Waals surface area contributed by atoms with E-state index in [9.17, 15) is 18.0 Å². The Morgan fingerprint density at radius 3 is 2.60 bits per heavy atom. The highest BCUT2D eigenvalue weighted by Gasteiger charge is 2.39. The van der Waals surface area contributed by atoms with Crippen molar-refractivity contribution in [3.05, 3.63) is 35.4 Å². The van der Waals surface area contributed by atoms with Crippen LogP contribution >= 0.6 is 0 Å². The first-order chi connectivity index (χ1) is 9.45. The molecule has 3 rings (SSSR count). The number of hydrogen-bond donors (Lipinski definition) is 1. The molecule has 20 heavy (non-hydrogen) atoms. The van der Waals surface area contributed by atoms with Crippen molar-refractivity contribution in [2.75, 3.05) is 6.61 Å². The number of rotatable bonds is 4. The Bertz CT molecular complexity index is 521. The summed E-state index contributed by atoms with van der Waals surface area (Å²) in [6.45, 7) is 0.395. The van der Waals surface area contributed by atoms with E-state index in [0.717, 1.165) is 25.0 Å². The topological polar surface area (TPSA) is 41.6 Å². The average molecular weight is 285 g/mol. The summed E-state index contributed by atoms with van der Waals surface area (Å²) in [5.41, 5.74) is -0.172. The van der Waals surface area contributed by atoms with Gasteiger partial charge in [0.25, 0.3) is 5.91 Å². The van der Waals surface area contributed by atoms with Crippen LogP contribution in [0.1, 0.15) is 30.0 Å². The Morgan fingerprint density at radius 2 is 2.05 bits per heavy atom. The maximum absolute atomic E-state index is 12.7. The van der Waals surface area contributed by atoms with E-state index >= 15 is 0 Å². The summed E-state index contributed by atoms with van der Waals surface area (Å²) in [5, 5.41) is 2.80. The summed E-state index contributed by atoms with van der Waals surface area (Å²) >= 11 is 0. The Morgan fingerprint density at radius 1 is 1.35 bits per heavy atom. The first kappa shape index (κ1) is 13.4. The summed E-state index contributed by atoms with van der Waals surface area (Å²) in [7, 11) is 0. The van der Waals surface area contributed by atoms with Gasteiger partial charge in [0.15, 0.2) is 6.10 Å². The SMILES string of the molecule is O=C(NC(c1cccc(C(F)(F)F)c1)C1CC1)C1CO1. The zero-order valence-corrected chi connectivity index (χ0v) is 10.6. The van der Waals surface area contributed by atoms with E-state index in [-0.39, 0.29) is 17.9 Å². The Labute approximate surface area is 114 Å². The molecule has 1 amide bonds. The van der Waals surface area contributed by atoms with Gasteiger partial charge in [0.2, 0.25) is 0 Å². The fourth-order valence-corrected chi connectivity index (χ4v) is 2.26. The van der Waals surface area contributed by atoms with E-state index in [1.165, 1.54) is 6.07 Å². The quantitative estimate of drug-likeness (QED) is 0.864. The minimum Gasteiger partial charge on any atom is -0.363 e. The van der Waals surface area contributed by atoms with Crippen molar-refractivity contribution in [3.8, 4) is 0 Å². The molecule has 0 radical (unpaired) electrons. The second-order valence-corrected chi connectivity index (χ2v) is 5.27. The molecule has 0 aromatic heterocycles. The van der Waals surface area contributed by atoms with Crippen molar-refractivity contribution < 1.29 is 22.7 Å². The normalized spacial score (nSPS) is 23.2.